The molecule has 0 aliphatic carbocycles. The van der Waals surface area contributed by atoms with Crippen LogP contribution in [-0.2, 0) is 4.79 Å². The summed E-state index contributed by atoms with van der Waals surface area (Å²) in [5, 5.41) is 22.8. The lowest BCUT2D eigenvalue weighted by molar-refractivity contribution is -0.113. The van der Waals surface area contributed by atoms with Crippen LogP contribution in [0.2, 0.25) is 5.02 Å². The number of nitrogens with one attached hydrogen (secondary N) is 1. The molecule has 1 aromatic heterocycles. The molecule has 1 heterocycles. The third kappa shape index (κ3) is 4.48. The monoisotopic (exact) mass is 436 g/mol. The molecule has 0 atom stereocenters. The summed E-state index contributed by atoms with van der Waals surface area (Å²) >= 11 is 7.14. The van der Waals surface area contributed by atoms with E-state index in [2.05, 4.69) is 15.5 Å². The summed E-state index contributed by atoms with van der Waals surface area (Å²) in [5.41, 5.74) is 2.07. The molecule has 1 amide bonds. The Hall–Kier alpha value is -3.29. The van der Waals surface area contributed by atoms with Crippen LogP contribution in [0.4, 0.5) is 5.69 Å². The molecule has 0 aliphatic heterocycles. The maximum atomic E-state index is 12.4. The number of phenolic OH excluding ortho intramolecular Hbond substituents is 1. The number of phenols is 1. The van der Waals surface area contributed by atoms with Crippen LogP contribution in [0.3, 0.4) is 0 Å². The molecule has 4 rings (SSSR count). The second-order valence-electron chi connectivity index (χ2n) is 6.34. The summed E-state index contributed by atoms with van der Waals surface area (Å²) in [4.78, 5) is 12.4. The number of carbonyl (C=O) groups is 1. The second kappa shape index (κ2) is 9.02. The maximum absolute atomic E-state index is 12.4. The van der Waals surface area contributed by atoms with Gasteiger partial charge in [0, 0.05) is 16.4 Å². The molecule has 2 N–H and O–H groups in total. The molecule has 0 saturated heterocycles. The highest BCUT2D eigenvalue weighted by atomic mass is 35.5. The van der Waals surface area contributed by atoms with E-state index in [9.17, 15) is 9.90 Å². The van der Waals surface area contributed by atoms with Crippen molar-refractivity contribution in [2.75, 3.05) is 11.1 Å². The first-order valence-corrected chi connectivity index (χ1v) is 10.5. The average molecular weight is 437 g/mol. The van der Waals surface area contributed by atoms with Gasteiger partial charge < -0.3 is 10.4 Å². The molecule has 0 bridgehead atoms. The van der Waals surface area contributed by atoms with E-state index < -0.39 is 0 Å². The predicted octanol–water partition coefficient (Wildman–Crippen LogP) is 5.02. The number of hydrogen-bond donors (Lipinski definition) is 2. The van der Waals surface area contributed by atoms with Gasteiger partial charge in [0.05, 0.1) is 11.3 Å². The zero-order chi connectivity index (χ0) is 20.9. The van der Waals surface area contributed by atoms with E-state index in [1.165, 1.54) is 11.8 Å². The third-order valence-electron chi connectivity index (χ3n) is 4.25. The first-order valence-electron chi connectivity index (χ1n) is 9.09. The number of para-hydroxylation sites is 2. The summed E-state index contributed by atoms with van der Waals surface area (Å²) in [6.45, 7) is 0. The molecule has 0 saturated carbocycles. The van der Waals surface area contributed by atoms with E-state index >= 15 is 0 Å². The number of amides is 1. The van der Waals surface area contributed by atoms with Crippen LogP contribution < -0.4 is 5.32 Å². The van der Waals surface area contributed by atoms with Crippen LogP contribution >= 0.6 is 23.4 Å². The van der Waals surface area contributed by atoms with Gasteiger partial charge in [0.25, 0.3) is 0 Å². The van der Waals surface area contributed by atoms with Crippen LogP contribution in [0.1, 0.15) is 0 Å². The zero-order valence-electron chi connectivity index (χ0n) is 15.7. The average Bonchev–Trinajstić information content (AvgIpc) is 3.18. The molecular formula is C22H17ClN4O2S. The number of aromatic nitrogens is 3. The molecule has 0 unspecified atom stereocenters. The van der Waals surface area contributed by atoms with Crippen molar-refractivity contribution in [3.05, 3.63) is 83.9 Å². The highest BCUT2D eigenvalue weighted by Gasteiger charge is 2.19. The van der Waals surface area contributed by atoms with E-state index in [1.807, 2.05) is 41.0 Å². The Balaban J connectivity index is 1.59. The fourth-order valence-electron chi connectivity index (χ4n) is 2.87. The second-order valence-corrected chi connectivity index (χ2v) is 7.72. The van der Waals surface area contributed by atoms with Crippen molar-refractivity contribution in [2.45, 2.75) is 5.16 Å². The number of carbonyl (C=O) groups excluding carboxylic acids is 1. The largest absolute Gasteiger partial charge is 0.507 e. The number of thioether (sulfide) groups is 1. The molecule has 0 spiro atoms. The number of benzene rings is 3. The maximum Gasteiger partial charge on any atom is 0.234 e. The van der Waals surface area contributed by atoms with Gasteiger partial charge >= 0.3 is 0 Å². The molecule has 4 aromatic rings. The van der Waals surface area contributed by atoms with E-state index in [0.29, 0.717) is 27.3 Å². The molecular weight excluding hydrogens is 420 g/mol. The summed E-state index contributed by atoms with van der Waals surface area (Å²) in [6, 6.07) is 23.5. The third-order valence-corrected chi connectivity index (χ3v) is 5.43. The van der Waals surface area contributed by atoms with Crippen molar-refractivity contribution in [1.29, 1.82) is 0 Å². The predicted molar refractivity (Wildman–Crippen MR) is 119 cm³/mol. The van der Waals surface area contributed by atoms with E-state index in [0.717, 1.165) is 5.69 Å². The van der Waals surface area contributed by atoms with Crippen molar-refractivity contribution in [2.24, 2.45) is 0 Å². The van der Waals surface area contributed by atoms with Crippen molar-refractivity contribution >= 4 is 35.0 Å². The first-order chi connectivity index (χ1) is 14.6. The Morgan fingerprint density at radius 2 is 1.67 bits per heavy atom. The molecule has 0 aliphatic rings. The molecule has 6 nitrogen and oxygen atoms in total. The van der Waals surface area contributed by atoms with E-state index in [-0.39, 0.29) is 17.4 Å². The van der Waals surface area contributed by atoms with Crippen molar-refractivity contribution in [3.63, 3.8) is 0 Å². The van der Waals surface area contributed by atoms with Crippen LogP contribution in [0.25, 0.3) is 17.1 Å². The number of rotatable bonds is 6. The summed E-state index contributed by atoms with van der Waals surface area (Å²) in [5.74, 6) is 0.585. The highest BCUT2D eigenvalue weighted by Crippen LogP contribution is 2.32. The van der Waals surface area contributed by atoms with Crippen LogP contribution in [0.15, 0.2) is 84.0 Å². The lowest BCUT2D eigenvalue weighted by atomic mass is 10.2. The first kappa shape index (κ1) is 20.0. The van der Waals surface area contributed by atoms with E-state index in [1.54, 1.807) is 42.5 Å². The normalized spacial score (nSPS) is 10.7. The minimum Gasteiger partial charge on any atom is -0.507 e. The van der Waals surface area contributed by atoms with Crippen molar-refractivity contribution in [1.82, 2.24) is 14.8 Å². The number of halogens is 1. The minimum absolute atomic E-state index is 0.110. The van der Waals surface area contributed by atoms with Crippen LogP contribution in [0.5, 0.6) is 5.75 Å². The number of nitrogens with zero attached hydrogens (tertiary/aromatic N) is 3. The van der Waals surface area contributed by atoms with Gasteiger partial charge in [-0.1, -0.05) is 53.7 Å². The summed E-state index contributed by atoms with van der Waals surface area (Å²) in [6.07, 6.45) is 0. The van der Waals surface area contributed by atoms with E-state index in [4.69, 9.17) is 11.6 Å². The zero-order valence-corrected chi connectivity index (χ0v) is 17.3. The Morgan fingerprint density at radius 1 is 0.967 bits per heavy atom. The molecule has 3 aromatic carbocycles. The Bertz CT molecular complexity index is 1160. The quantitative estimate of drug-likeness (QED) is 0.414. The lowest BCUT2D eigenvalue weighted by Gasteiger charge is -2.11. The topological polar surface area (TPSA) is 80.0 Å². The van der Waals surface area contributed by atoms with Gasteiger partial charge in [-0.2, -0.15) is 0 Å². The number of anilines is 1. The smallest absolute Gasteiger partial charge is 0.234 e. The van der Waals surface area contributed by atoms with Crippen molar-refractivity contribution in [3.8, 4) is 22.8 Å². The summed E-state index contributed by atoms with van der Waals surface area (Å²) in [7, 11) is 0. The molecule has 0 radical (unpaired) electrons. The van der Waals surface area contributed by atoms with Gasteiger partial charge in [-0.3, -0.25) is 9.36 Å². The molecule has 8 heteroatoms. The molecule has 0 fully saturated rings. The van der Waals surface area contributed by atoms with Gasteiger partial charge in [0.15, 0.2) is 11.0 Å². The standard InChI is InChI=1S/C22H17ClN4O2S/c23-15-10-12-16(13-11-15)24-20(29)14-30-22-26-25-21(18-8-4-5-9-19(18)28)27(22)17-6-2-1-3-7-17/h1-13,28H,14H2,(H,24,29). The van der Waals surface area contributed by atoms with Gasteiger partial charge in [-0.15, -0.1) is 10.2 Å². The van der Waals surface area contributed by atoms with Crippen LogP contribution in [0, 0.1) is 0 Å². The molecule has 150 valence electrons. The minimum atomic E-state index is -0.172. The fraction of sp³-hybridized carbons (Fsp3) is 0.0455. The van der Waals surface area contributed by atoms with Crippen molar-refractivity contribution < 1.29 is 9.90 Å². The summed E-state index contributed by atoms with van der Waals surface area (Å²) < 4.78 is 1.83. The molecule has 30 heavy (non-hydrogen) atoms. The fourth-order valence-corrected chi connectivity index (χ4v) is 3.75. The number of aromatic hydroxyl groups is 1. The number of hydrogen-bond acceptors (Lipinski definition) is 5. The van der Waals surface area contributed by atoms with Gasteiger partial charge in [-0.25, -0.2) is 0 Å². The van der Waals surface area contributed by atoms with Gasteiger partial charge in [0.2, 0.25) is 5.91 Å². The van der Waals surface area contributed by atoms with Crippen LogP contribution in [-0.4, -0.2) is 31.5 Å². The lowest BCUT2D eigenvalue weighted by Crippen LogP contribution is -2.14. The Morgan fingerprint density at radius 3 is 2.40 bits per heavy atom. The SMILES string of the molecule is O=C(CSc1nnc(-c2ccccc2O)n1-c1ccccc1)Nc1ccc(Cl)cc1. The highest BCUT2D eigenvalue weighted by molar-refractivity contribution is 7.99. The van der Waals surface area contributed by atoms with Gasteiger partial charge in [-0.05, 0) is 48.5 Å². The van der Waals surface area contributed by atoms with Gasteiger partial charge in [0.1, 0.15) is 5.75 Å². The Labute approximate surface area is 182 Å². The Kier molecular flexibility index (Phi) is 6.02.